The molecule has 3 fully saturated rings. The molecule has 1 amide bonds. The van der Waals surface area contributed by atoms with Gasteiger partial charge in [0.1, 0.15) is 0 Å². The Balaban J connectivity index is 1.97. The summed E-state index contributed by atoms with van der Waals surface area (Å²) in [6.45, 7) is 0. The van der Waals surface area contributed by atoms with Gasteiger partial charge >= 0.3 is 0 Å². The van der Waals surface area contributed by atoms with E-state index in [1.807, 2.05) is 0 Å². The van der Waals surface area contributed by atoms with Crippen LogP contribution in [0.5, 0.6) is 0 Å². The molecule has 2 aliphatic heterocycles. The van der Waals surface area contributed by atoms with Crippen LogP contribution in [-0.4, -0.2) is 18.1 Å². The molecular formula is C7H11NO2. The molecule has 3 heteroatoms. The van der Waals surface area contributed by atoms with Crippen molar-refractivity contribution in [3.63, 3.8) is 0 Å². The van der Waals surface area contributed by atoms with Crippen molar-refractivity contribution in [1.29, 1.82) is 0 Å². The first kappa shape index (κ1) is 6.16. The van der Waals surface area contributed by atoms with E-state index in [0.717, 1.165) is 19.3 Å². The lowest BCUT2D eigenvalue weighted by atomic mass is 9.80. The molecule has 0 spiro atoms. The molecule has 10 heavy (non-hydrogen) atoms. The lowest BCUT2D eigenvalue weighted by Gasteiger charge is -2.44. The molecule has 3 nitrogen and oxygen atoms in total. The highest BCUT2D eigenvalue weighted by molar-refractivity contribution is 5.76. The molecule has 3 aliphatic rings. The van der Waals surface area contributed by atoms with E-state index < -0.39 is 0 Å². The average Bonchev–Trinajstić information content (AvgIpc) is 1.86. The van der Waals surface area contributed by atoms with Gasteiger partial charge in [-0.15, -0.1) is 0 Å². The molecule has 0 aromatic heterocycles. The molecular weight excluding hydrogens is 130 g/mol. The maximum Gasteiger partial charge on any atom is 0.220 e. The first-order chi connectivity index (χ1) is 4.75. The number of nitrogens with two attached hydrogens (primary N) is 1. The van der Waals surface area contributed by atoms with Gasteiger partial charge in [0, 0.05) is 5.92 Å². The summed E-state index contributed by atoms with van der Waals surface area (Å²) >= 11 is 0. The summed E-state index contributed by atoms with van der Waals surface area (Å²) in [5, 5.41) is 0. The minimum Gasteiger partial charge on any atom is -0.375 e. The SMILES string of the molecule is NC(=O)C1CC2CC(C1)O2. The van der Waals surface area contributed by atoms with E-state index in [2.05, 4.69) is 0 Å². The molecule has 2 atom stereocenters. The van der Waals surface area contributed by atoms with Crippen LogP contribution in [0.15, 0.2) is 0 Å². The summed E-state index contributed by atoms with van der Waals surface area (Å²) in [5.41, 5.74) is 5.16. The largest absolute Gasteiger partial charge is 0.375 e. The maximum absolute atomic E-state index is 10.7. The van der Waals surface area contributed by atoms with Crippen molar-refractivity contribution in [3.05, 3.63) is 0 Å². The van der Waals surface area contributed by atoms with Crippen LogP contribution in [0.1, 0.15) is 19.3 Å². The molecule has 1 saturated carbocycles. The summed E-state index contributed by atoms with van der Waals surface area (Å²) in [6.07, 6.45) is 3.54. The summed E-state index contributed by atoms with van der Waals surface area (Å²) in [5.74, 6) is -0.0597. The van der Waals surface area contributed by atoms with Crippen molar-refractivity contribution in [2.45, 2.75) is 31.5 Å². The fourth-order valence-electron chi connectivity index (χ4n) is 1.82. The molecule has 2 unspecified atom stereocenters. The molecule has 1 aliphatic carbocycles. The van der Waals surface area contributed by atoms with Crippen LogP contribution in [0.25, 0.3) is 0 Å². The van der Waals surface area contributed by atoms with Gasteiger partial charge in [-0.05, 0) is 19.3 Å². The standard InChI is InChI=1S/C7H11NO2/c8-7(9)4-1-5-3-6(2-4)10-5/h4-6H,1-3H2,(H2,8,9). The summed E-state index contributed by atoms with van der Waals surface area (Å²) in [6, 6.07) is 0. The van der Waals surface area contributed by atoms with Crippen LogP contribution < -0.4 is 5.73 Å². The average molecular weight is 141 g/mol. The molecule has 2 heterocycles. The van der Waals surface area contributed by atoms with Crippen molar-refractivity contribution >= 4 is 5.91 Å². The molecule has 2 saturated heterocycles. The predicted molar refractivity (Wildman–Crippen MR) is 35.2 cm³/mol. The Morgan fingerprint density at radius 3 is 2.10 bits per heavy atom. The molecule has 3 rings (SSSR count). The molecule has 0 radical (unpaired) electrons. The zero-order valence-electron chi connectivity index (χ0n) is 5.75. The fourth-order valence-corrected chi connectivity index (χ4v) is 1.82. The van der Waals surface area contributed by atoms with Gasteiger partial charge in [-0.25, -0.2) is 0 Å². The number of rotatable bonds is 1. The van der Waals surface area contributed by atoms with Gasteiger partial charge in [0.25, 0.3) is 0 Å². The normalized spacial score (nSPS) is 44.2. The van der Waals surface area contributed by atoms with Crippen LogP contribution in [0.4, 0.5) is 0 Å². The van der Waals surface area contributed by atoms with Crippen molar-refractivity contribution < 1.29 is 9.53 Å². The lowest BCUT2D eigenvalue weighted by Crippen LogP contribution is -2.48. The van der Waals surface area contributed by atoms with Crippen molar-refractivity contribution in [2.75, 3.05) is 0 Å². The van der Waals surface area contributed by atoms with E-state index in [0.29, 0.717) is 12.2 Å². The van der Waals surface area contributed by atoms with Gasteiger partial charge in [0.05, 0.1) is 12.2 Å². The second kappa shape index (κ2) is 1.95. The summed E-state index contributed by atoms with van der Waals surface area (Å²) in [4.78, 5) is 10.7. The highest BCUT2D eigenvalue weighted by Gasteiger charge is 2.41. The Bertz CT molecular complexity index is 153. The molecule has 56 valence electrons. The van der Waals surface area contributed by atoms with Crippen molar-refractivity contribution in [1.82, 2.24) is 0 Å². The van der Waals surface area contributed by atoms with Gasteiger partial charge in [-0.3, -0.25) is 4.79 Å². The smallest absolute Gasteiger partial charge is 0.220 e. The van der Waals surface area contributed by atoms with E-state index in [-0.39, 0.29) is 11.8 Å². The minimum absolute atomic E-state index is 0.0949. The Kier molecular flexibility index (Phi) is 1.20. The predicted octanol–water partition coefficient (Wildman–Crippen LogP) is 0.0392. The van der Waals surface area contributed by atoms with Crippen LogP contribution in [-0.2, 0) is 9.53 Å². The van der Waals surface area contributed by atoms with Gasteiger partial charge in [-0.1, -0.05) is 0 Å². The number of hydrogen-bond donors (Lipinski definition) is 1. The van der Waals surface area contributed by atoms with Crippen molar-refractivity contribution in [3.8, 4) is 0 Å². The number of hydrogen-bond acceptors (Lipinski definition) is 2. The summed E-state index contributed by atoms with van der Waals surface area (Å²) in [7, 11) is 0. The number of fused-ring (bicyclic) bond motifs is 2. The third-order valence-electron chi connectivity index (χ3n) is 2.41. The van der Waals surface area contributed by atoms with Crippen LogP contribution in [0.2, 0.25) is 0 Å². The Labute approximate surface area is 59.5 Å². The quantitative estimate of drug-likeness (QED) is 0.560. The van der Waals surface area contributed by atoms with E-state index in [9.17, 15) is 4.79 Å². The number of carbonyl (C=O) groups is 1. The third-order valence-corrected chi connectivity index (χ3v) is 2.41. The second-order valence-electron chi connectivity index (χ2n) is 3.19. The Morgan fingerprint density at radius 2 is 1.80 bits per heavy atom. The number of primary amides is 1. The van der Waals surface area contributed by atoms with Crippen LogP contribution in [0, 0.1) is 5.92 Å². The Hall–Kier alpha value is -0.570. The van der Waals surface area contributed by atoms with E-state index in [4.69, 9.17) is 10.5 Å². The molecule has 2 bridgehead atoms. The van der Waals surface area contributed by atoms with Crippen molar-refractivity contribution in [2.24, 2.45) is 11.7 Å². The maximum atomic E-state index is 10.7. The molecule has 0 aromatic carbocycles. The first-order valence-corrected chi connectivity index (χ1v) is 3.70. The van der Waals surface area contributed by atoms with E-state index in [1.54, 1.807) is 0 Å². The fraction of sp³-hybridized carbons (Fsp3) is 0.857. The zero-order valence-corrected chi connectivity index (χ0v) is 5.75. The van der Waals surface area contributed by atoms with E-state index in [1.165, 1.54) is 0 Å². The minimum atomic E-state index is -0.155. The van der Waals surface area contributed by atoms with Gasteiger partial charge < -0.3 is 10.5 Å². The lowest BCUT2D eigenvalue weighted by molar-refractivity contribution is -0.177. The topological polar surface area (TPSA) is 52.3 Å². The second-order valence-corrected chi connectivity index (χ2v) is 3.19. The van der Waals surface area contributed by atoms with E-state index >= 15 is 0 Å². The number of carbonyl (C=O) groups excluding carboxylic acids is 1. The first-order valence-electron chi connectivity index (χ1n) is 3.70. The molecule has 0 aromatic rings. The number of amides is 1. The van der Waals surface area contributed by atoms with Gasteiger partial charge in [0.2, 0.25) is 5.91 Å². The van der Waals surface area contributed by atoms with Gasteiger partial charge in [0.15, 0.2) is 0 Å². The third kappa shape index (κ3) is 0.814. The molecule has 2 N–H and O–H groups in total. The Morgan fingerprint density at radius 1 is 1.30 bits per heavy atom. The van der Waals surface area contributed by atoms with Crippen LogP contribution >= 0.6 is 0 Å². The highest BCUT2D eigenvalue weighted by Crippen LogP contribution is 2.37. The highest BCUT2D eigenvalue weighted by atomic mass is 16.5. The zero-order chi connectivity index (χ0) is 7.14. The van der Waals surface area contributed by atoms with Crippen LogP contribution in [0.3, 0.4) is 0 Å². The monoisotopic (exact) mass is 141 g/mol. The van der Waals surface area contributed by atoms with Gasteiger partial charge in [-0.2, -0.15) is 0 Å². The summed E-state index contributed by atoms with van der Waals surface area (Å²) < 4.78 is 5.35. The number of ether oxygens (including phenoxy) is 1.